The summed E-state index contributed by atoms with van der Waals surface area (Å²) in [4.78, 5) is 24.5. The molecule has 1 amide bonds. The Bertz CT molecular complexity index is 1810. The van der Waals surface area contributed by atoms with E-state index in [1.165, 1.54) is 10.1 Å². The molecule has 12 heteroatoms. The number of sulfone groups is 1. The molecule has 1 fully saturated rings. The van der Waals surface area contributed by atoms with E-state index in [2.05, 4.69) is 45.6 Å². The highest BCUT2D eigenvalue weighted by atomic mass is 32.2. The predicted octanol–water partition coefficient (Wildman–Crippen LogP) is 6.25. The van der Waals surface area contributed by atoms with Crippen LogP contribution >= 0.6 is 0 Å². The second-order valence-electron chi connectivity index (χ2n) is 12.5. The van der Waals surface area contributed by atoms with E-state index in [0.29, 0.717) is 40.6 Å². The van der Waals surface area contributed by atoms with Crippen LogP contribution in [0.25, 0.3) is 5.65 Å². The quantitative estimate of drug-likeness (QED) is 0.208. The summed E-state index contributed by atoms with van der Waals surface area (Å²) >= 11 is 0. The maximum atomic E-state index is 13.1. The van der Waals surface area contributed by atoms with Crippen LogP contribution in [0.15, 0.2) is 53.6 Å². The van der Waals surface area contributed by atoms with Crippen molar-refractivity contribution in [2.45, 2.75) is 76.9 Å². The highest BCUT2D eigenvalue weighted by Gasteiger charge is 2.33. The summed E-state index contributed by atoms with van der Waals surface area (Å²) in [5, 5.41) is 10.2. The molecule has 1 saturated heterocycles. The van der Waals surface area contributed by atoms with Gasteiger partial charge < -0.3 is 20.3 Å². The molecule has 0 saturated carbocycles. The average Bonchev–Trinajstić information content (AvgIpc) is 3.50. The van der Waals surface area contributed by atoms with Crippen molar-refractivity contribution in [1.29, 1.82) is 0 Å². The molecule has 0 atom stereocenters. The zero-order valence-electron chi connectivity index (χ0n) is 27.1. The van der Waals surface area contributed by atoms with E-state index in [0.717, 1.165) is 37.9 Å². The van der Waals surface area contributed by atoms with Crippen LogP contribution in [0.3, 0.4) is 0 Å². The third-order valence-electron chi connectivity index (χ3n) is 8.84. The van der Waals surface area contributed by atoms with Crippen LogP contribution < -0.4 is 15.4 Å². The van der Waals surface area contributed by atoms with Gasteiger partial charge in [-0.2, -0.15) is 19.6 Å². The molecule has 2 aromatic heterocycles. The lowest BCUT2D eigenvalue weighted by Crippen LogP contribution is -2.44. The summed E-state index contributed by atoms with van der Waals surface area (Å²) < 4.78 is 33.5. The Hall–Kier alpha value is -4.19. The maximum absolute atomic E-state index is 13.1. The number of aromatic nitrogens is 4. The molecule has 0 bridgehead atoms. The number of amides is 1. The van der Waals surface area contributed by atoms with Gasteiger partial charge in [0.05, 0.1) is 34.8 Å². The van der Waals surface area contributed by atoms with E-state index in [4.69, 9.17) is 4.74 Å². The van der Waals surface area contributed by atoms with Crippen molar-refractivity contribution < 1.29 is 17.9 Å². The van der Waals surface area contributed by atoms with Gasteiger partial charge in [-0.15, -0.1) is 0 Å². The number of piperidine rings is 1. The molecule has 1 aliphatic rings. The molecular formula is C33H43N7O4S. The minimum atomic E-state index is -3.56. The van der Waals surface area contributed by atoms with Gasteiger partial charge >= 0.3 is 0 Å². The molecule has 45 heavy (non-hydrogen) atoms. The lowest BCUT2D eigenvalue weighted by molar-refractivity contribution is -0.141. The number of anilines is 4. The molecular weight excluding hydrogens is 590 g/mol. The molecule has 240 valence electrons. The smallest absolute Gasteiger partial charge is 0.233 e. The van der Waals surface area contributed by atoms with Crippen LogP contribution in [-0.2, 0) is 14.6 Å². The van der Waals surface area contributed by atoms with E-state index in [1.54, 1.807) is 57.5 Å². The fraction of sp³-hybridized carbons (Fsp3) is 0.455. The molecule has 1 aliphatic heterocycles. The monoisotopic (exact) mass is 633 g/mol. The number of hydrogen-bond acceptors (Lipinski definition) is 9. The first-order chi connectivity index (χ1) is 21.3. The Morgan fingerprint density at radius 3 is 2.44 bits per heavy atom. The van der Waals surface area contributed by atoms with Crippen molar-refractivity contribution in [1.82, 2.24) is 24.5 Å². The fourth-order valence-electron chi connectivity index (χ4n) is 5.66. The van der Waals surface area contributed by atoms with Gasteiger partial charge in [-0.25, -0.2) is 8.42 Å². The second kappa shape index (κ2) is 12.7. The first-order valence-electron chi connectivity index (χ1n) is 15.4. The third-order valence-corrected chi connectivity index (χ3v) is 11.0. The number of ether oxygens (including phenoxy) is 1. The lowest BCUT2D eigenvalue weighted by atomic mass is 9.84. The topological polar surface area (TPSA) is 131 Å². The number of nitrogens with one attached hydrogen (secondary N) is 2. The van der Waals surface area contributed by atoms with Crippen molar-refractivity contribution in [3.05, 3.63) is 59.8 Å². The van der Waals surface area contributed by atoms with Crippen LogP contribution in [0.1, 0.15) is 70.9 Å². The van der Waals surface area contributed by atoms with E-state index >= 15 is 0 Å². The number of rotatable bonds is 10. The van der Waals surface area contributed by atoms with Crippen molar-refractivity contribution in [3.8, 4) is 5.75 Å². The number of hydrogen-bond donors (Lipinski definition) is 2. The molecule has 0 spiro atoms. The first-order valence-corrected chi connectivity index (χ1v) is 17.0. The van der Waals surface area contributed by atoms with Gasteiger partial charge in [-0.05, 0) is 81.3 Å². The first kappa shape index (κ1) is 32.2. The fourth-order valence-corrected chi connectivity index (χ4v) is 6.86. The molecule has 5 rings (SSSR count). The van der Waals surface area contributed by atoms with Gasteiger partial charge in [-0.3, -0.25) is 4.79 Å². The summed E-state index contributed by atoms with van der Waals surface area (Å²) in [6, 6.07) is 12.6. The zero-order chi connectivity index (χ0) is 32.5. The van der Waals surface area contributed by atoms with Gasteiger partial charge in [0.1, 0.15) is 5.75 Å². The summed E-state index contributed by atoms with van der Waals surface area (Å²) in [5.41, 5.74) is 3.60. The molecule has 3 heterocycles. The largest absolute Gasteiger partial charge is 0.495 e. The van der Waals surface area contributed by atoms with Crippen molar-refractivity contribution >= 4 is 44.7 Å². The summed E-state index contributed by atoms with van der Waals surface area (Å²) in [7, 11) is -1.92. The number of benzene rings is 2. The van der Waals surface area contributed by atoms with Crippen molar-refractivity contribution in [3.63, 3.8) is 0 Å². The number of carbonyl (C=O) groups excluding carboxylic acids is 1. The van der Waals surface area contributed by atoms with Gasteiger partial charge in [-0.1, -0.05) is 32.9 Å². The van der Waals surface area contributed by atoms with Gasteiger partial charge in [0.2, 0.25) is 17.8 Å². The Kier molecular flexibility index (Phi) is 9.06. The van der Waals surface area contributed by atoms with Crippen molar-refractivity contribution in [2.24, 2.45) is 5.41 Å². The number of likely N-dealkylation sites (tertiary alicyclic amines) is 1. The summed E-state index contributed by atoms with van der Waals surface area (Å²) in [6.07, 6.45) is 4.22. The van der Waals surface area contributed by atoms with Gasteiger partial charge in [0, 0.05) is 24.6 Å². The Balaban J connectivity index is 1.41. The van der Waals surface area contributed by atoms with Crippen LogP contribution in [0, 0.1) is 12.3 Å². The molecule has 0 unspecified atom stereocenters. The van der Waals surface area contributed by atoms with E-state index in [1.807, 2.05) is 24.8 Å². The van der Waals surface area contributed by atoms with Crippen LogP contribution in [0.2, 0.25) is 0 Å². The van der Waals surface area contributed by atoms with Crippen LogP contribution in [0.4, 0.5) is 23.3 Å². The predicted molar refractivity (Wildman–Crippen MR) is 176 cm³/mol. The molecule has 0 radical (unpaired) electrons. The number of aryl methyl sites for hydroxylation is 1. The van der Waals surface area contributed by atoms with E-state index in [-0.39, 0.29) is 16.2 Å². The number of para-hydroxylation sites is 1. The van der Waals surface area contributed by atoms with E-state index in [9.17, 15) is 13.2 Å². The summed E-state index contributed by atoms with van der Waals surface area (Å²) in [5.74, 6) is 1.80. The Morgan fingerprint density at radius 2 is 1.78 bits per heavy atom. The van der Waals surface area contributed by atoms with Crippen LogP contribution in [-0.4, -0.2) is 64.3 Å². The molecule has 0 aliphatic carbocycles. The highest BCUT2D eigenvalue weighted by molar-refractivity contribution is 7.92. The molecule has 11 nitrogen and oxygen atoms in total. The summed E-state index contributed by atoms with van der Waals surface area (Å²) in [6.45, 7) is 13.0. The highest BCUT2D eigenvalue weighted by Crippen LogP contribution is 2.38. The number of nitrogens with zero attached hydrogens (tertiary/aromatic N) is 5. The average molecular weight is 634 g/mol. The lowest BCUT2D eigenvalue weighted by Gasteiger charge is -2.37. The SMILES string of the molecule is CCC(C)(C)C(=O)N1CCC(c2cc(OC)c(Nc3nc(Nc4ccccc4S(=O)(=O)C(C)C)n4nccc4n3)cc2C)CC1. The Morgan fingerprint density at radius 1 is 1.07 bits per heavy atom. The zero-order valence-corrected chi connectivity index (χ0v) is 27.9. The van der Waals surface area contributed by atoms with Gasteiger partial charge in [0.15, 0.2) is 15.5 Å². The maximum Gasteiger partial charge on any atom is 0.233 e. The number of carbonyl (C=O) groups is 1. The normalized spacial score (nSPS) is 14.6. The van der Waals surface area contributed by atoms with Crippen molar-refractivity contribution in [2.75, 3.05) is 30.8 Å². The number of methoxy groups -OCH3 is 1. The molecule has 2 aromatic carbocycles. The minimum absolute atomic E-state index is 0.186. The molecule has 2 N–H and O–H groups in total. The van der Waals surface area contributed by atoms with E-state index < -0.39 is 15.1 Å². The van der Waals surface area contributed by atoms with Crippen LogP contribution in [0.5, 0.6) is 5.75 Å². The van der Waals surface area contributed by atoms with Gasteiger partial charge in [0.25, 0.3) is 0 Å². The number of fused-ring (bicyclic) bond motifs is 1. The minimum Gasteiger partial charge on any atom is -0.495 e. The Labute approximate surface area is 265 Å². The second-order valence-corrected chi connectivity index (χ2v) is 15.0. The standard InChI is InChI=1S/C33H43N7O4S/c1-8-33(5,6)30(41)39-17-14-23(15-18-39)24-20-27(44-7)26(19-22(24)4)35-31-37-29-13-16-34-40(29)32(38-31)36-25-11-9-10-12-28(25)45(42,43)21(2)3/h9-13,16,19-21,23H,8,14-15,17-18H2,1-7H3,(H2,35,36,37,38). The molecule has 4 aromatic rings. The third kappa shape index (κ3) is 6.47.